The van der Waals surface area contributed by atoms with E-state index in [4.69, 9.17) is 0 Å². The molecule has 1 aromatic carbocycles. The van der Waals surface area contributed by atoms with Gasteiger partial charge in [0, 0.05) is 51.4 Å². The van der Waals surface area contributed by atoms with Gasteiger partial charge in [-0.3, -0.25) is 4.79 Å². The van der Waals surface area contributed by atoms with E-state index in [9.17, 15) is 4.79 Å². The molecule has 0 unspecified atom stereocenters. The van der Waals surface area contributed by atoms with Crippen LogP contribution in [0.25, 0.3) is 10.9 Å². The predicted molar refractivity (Wildman–Crippen MR) is 87.2 cm³/mol. The van der Waals surface area contributed by atoms with Crippen LogP contribution in [0.3, 0.4) is 0 Å². The Morgan fingerprint density at radius 1 is 1.29 bits per heavy atom. The first-order chi connectivity index (χ1) is 9.97. The van der Waals surface area contributed by atoms with Gasteiger partial charge in [0.1, 0.15) is 0 Å². The molecule has 1 aromatic heterocycles. The molecule has 2 aromatic rings. The molecule has 0 aliphatic rings. The third-order valence-electron chi connectivity index (χ3n) is 3.62. The summed E-state index contributed by atoms with van der Waals surface area (Å²) in [7, 11) is 3.59. The van der Waals surface area contributed by atoms with E-state index >= 15 is 0 Å². The van der Waals surface area contributed by atoms with Crippen LogP contribution in [0.2, 0.25) is 0 Å². The average Bonchev–Trinajstić information content (AvgIpc) is 2.84. The first kappa shape index (κ1) is 15.6. The smallest absolute Gasteiger partial charge is 0.223 e. The van der Waals surface area contributed by atoms with Crippen molar-refractivity contribution < 1.29 is 4.79 Å². The van der Waals surface area contributed by atoms with Gasteiger partial charge >= 0.3 is 0 Å². The molecule has 1 amide bonds. The third kappa shape index (κ3) is 4.08. The number of amides is 1. The van der Waals surface area contributed by atoms with Crippen molar-refractivity contribution in [3.05, 3.63) is 36.0 Å². The molecule has 4 nitrogen and oxygen atoms in total. The van der Waals surface area contributed by atoms with Crippen LogP contribution in [-0.4, -0.2) is 35.5 Å². The first-order valence-corrected chi connectivity index (χ1v) is 7.48. The van der Waals surface area contributed by atoms with Gasteiger partial charge in [0.15, 0.2) is 0 Å². The van der Waals surface area contributed by atoms with Crippen molar-refractivity contribution in [3.63, 3.8) is 0 Å². The SMILES string of the molecule is CC(C)NCc1ccc2c(ccn2CCC(=O)N(C)C)c1. The summed E-state index contributed by atoms with van der Waals surface area (Å²) in [6, 6.07) is 9.13. The van der Waals surface area contributed by atoms with Crippen LogP contribution in [0.15, 0.2) is 30.5 Å². The number of benzene rings is 1. The summed E-state index contributed by atoms with van der Waals surface area (Å²) in [6.45, 7) is 5.91. The van der Waals surface area contributed by atoms with Crippen molar-refractivity contribution in [3.8, 4) is 0 Å². The molecular formula is C17H25N3O. The minimum absolute atomic E-state index is 0.162. The van der Waals surface area contributed by atoms with Gasteiger partial charge in [-0.15, -0.1) is 0 Å². The van der Waals surface area contributed by atoms with Gasteiger partial charge in [-0.25, -0.2) is 0 Å². The number of nitrogens with one attached hydrogen (secondary N) is 1. The highest BCUT2D eigenvalue weighted by Crippen LogP contribution is 2.18. The van der Waals surface area contributed by atoms with E-state index in [-0.39, 0.29) is 5.91 Å². The number of rotatable bonds is 6. The number of carbonyl (C=O) groups excluding carboxylic acids is 1. The molecule has 0 radical (unpaired) electrons. The standard InChI is InChI=1S/C17H25N3O/c1-13(2)18-12-14-5-6-16-15(11-14)7-9-20(16)10-8-17(21)19(3)4/h5-7,9,11,13,18H,8,10,12H2,1-4H3. The van der Waals surface area contributed by atoms with Crippen LogP contribution in [0, 0.1) is 0 Å². The lowest BCUT2D eigenvalue weighted by atomic mass is 10.1. The fourth-order valence-corrected chi connectivity index (χ4v) is 2.32. The Balaban J connectivity index is 2.08. The van der Waals surface area contributed by atoms with Crippen LogP contribution < -0.4 is 5.32 Å². The molecular weight excluding hydrogens is 262 g/mol. The monoisotopic (exact) mass is 287 g/mol. The summed E-state index contributed by atoms with van der Waals surface area (Å²) < 4.78 is 2.15. The Morgan fingerprint density at radius 2 is 2.05 bits per heavy atom. The molecule has 4 heteroatoms. The molecule has 114 valence electrons. The Labute approximate surface area is 126 Å². The molecule has 1 N–H and O–H groups in total. The first-order valence-electron chi connectivity index (χ1n) is 7.48. The molecule has 0 aliphatic carbocycles. The maximum absolute atomic E-state index is 11.7. The third-order valence-corrected chi connectivity index (χ3v) is 3.62. The summed E-state index contributed by atoms with van der Waals surface area (Å²) in [5.74, 6) is 0.162. The fraction of sp³-hybridized carbons (Fsp3) is 0.471. The Morgan fingerprint density at radius 3 is 2.71 bits per heavy atom. The van der Waals surface area contributed by atoms with Gasteiger partial charge < -0.3 is 14.8 Å². The summed E-state index contributed by atoms with van der Waals surface area (Å²) in [4.78, 5) is 13.3. The van der Waals surface area contributed by atoms with Crippen LogP contribution in [-0.2, 0) is 17.9 Å². The number of nitrogens with zero attached hydrogens (tertiary/aromatic N) is 2. The van der Waals surface area contributed by atoms with Crippen molar-refractivity contribution in [1.29, 1.82) is 0 Å². The minimum atomic E-state index is 0.162. The van der Waals surface area contributed by atoms with Crippen LogP contribution >= 0.6 is 0 Å². The van der Waals surface area contributed by atoms with Gasteiger partial charge in [-0.05, 0) is 29.1 Å². The molecule has 0 aliphatic heterocycles. The van der Waals surface area contributed by atoms with Gasteiger partial charge in [-0.1, -0.05) is 19.9 Å². The minimum Gasteiger partial charge on any atom is -0.349 e. The summed E-state index contributed by atoms with van der Waals surface area (Å²) in [6.07, 6.45) is 2.60. The molecule has 0 saturated heterocycles. The lowest BCUT2D eigenvalue weighted by molar-refractivity contribution is -0.128. The molecule has 0 fully saturated rings. The number of hydrogen-bond acceptors (Lipinski definition) is 2. The van der Waals surface area contributed by atoms with Crippen molar-refractivity contribution in [1.82, 2.24) is 14.8 Å². The normalized spacial score (nSPS) is 11.3. The van der Waals surface area contributed by atoms with Crippen LogP contribution in [0.4, 0.5) is 0 Å². The zero-order valence-electron chi connectivity index (χ0n) is 13.4. The zero-order chi connectivity index (χ0) is 15.4. The van der Waals surface area contributed by atoms with Crippen molar-refractivity contribution >= 4 is 16.8 Å². The van der Waals surface area contributed by atoms with Gasteiger partial charge in [-0.2, -0.15) is 0 Å². The molecule has 0 spiro atoms. The van der Waals surface area contributed by atoms with Crippen molar-refractivity contribution in [2.45, 2.75) is 39.4 Å². The second-order valence-corrected chi connectivity index (χ2v) is 5.98. The average molecular weight is 287 g/mol. The summed E-state index contributed by atoms with van der Waals surface area (Å²) >= 11 is 0. The molecule has 0 bridgehead atoms. The van der Waals surface area contributed by atoms with E-state index in [2.05, 4.69) is 54.2 Å². The molecule has 1 heterocycles. The maximum atomic E-state index is 11.7. The van der Waals surface area contributed by atoms with E-state index in [1.54, 1.807) is 19.0 Å². The maximum Gasteiger partial charge on any atom is 0.223 e. The van der Waals surface area contributed by atoms with Crippen molar-refractivity contribution in [2.75, 3.05) is 14.1 Å². The highest BCUT2D eigenvalue weighted by Gasteiger charge is 2.07. The van der Waals surface area contributed by atoms with Crippen LogP contribution in [0.5, 0.6) is 0 Å². The quantitative estimate of drug-likeness (QED) is 0.887. The second-order valence-electron chi connectivity index (χ2n) is 5.98. The van der Waals surface area contributed by atoms with Crippen LogP contribution in [0.1, 0.15) is 25.8 Å². The largest absolute Gasteiger partial charge is 0.349 e. The number of fused-ring (bicyclic) bond motifs is 1. The molecule has 0 atom stereocenters. The molecule has 21 heavy (non-hydrogen) atoms. The fourth-order valence-electron chi connectivity index (χ4n) is 2.32. The lowest BCUT2D eigenvalue weighted by Crippen LogP contribution is -2.22. The number of carbonyl (C=O) groups is 1. The molecule has 2 rings (SSSR count). The Hall–Kier alpha value is -1.81. The van der Waals surface area contributed by atoms with Gasteiger partial charge in [0.05, 0.1) is 0 Å². The number of hydrogen-bond donors (Lipinski definition) is 1. The zero-order valence-corrected chi connectivity index (χ0v) is 13.4. The topological polar surface area (TPSA) is 37.3 Å². The van der Waals surface area contributed by atoms with Gasteiger partial charge in [0.2, 0.25) is 5.91 Å². The number of aryl methyl sites for hydroxylation is 1. The van der Waals surface area contributed by atoms with E-state index in [0.29, 0.717) is 12.5 Å². The second kappa shape index (κ2) is 6.76. The highest BCUT2D eigenvalue weighted by molar-refractivity contribution is 5.81. The lowest BCUT2D eigenvalue weighted by Gasteiger charge is -2.11. The highest BCUT2D eigenvalue weighted by atomic mass is 16.2. The number of aromatic nitrogens is 1. The van der Waals surface area contributed by atoms with Gasteiger partial charge in [0.25, 0.3) is 0 Å². The van der Waals surface area contributed by atoms with Crippen molar-refractivity contribution in [2.24, 2.45) is 0 Å². The summed E-state index contributed by atoms with van der Waals surface area (Å²) in [5, 5.41) is 4.66. The van der Waals surface area contributed by atoms with E-state index in [1.165, 1.54) is 16.5 Å². The van der Waals surface area contributed by atoms with E-state index < -0.39 is 0 Å². The molecule has 0 saturated carbocycles. The Bertz CT molecular complexity index is 614. The Kier molecular flexibility index (Phi) is 5.02. The summed E-state index contributed by atoms with van der Waals surface area (Å²) in [5.41, 5.74) is 2.48. The van der Waals surface area contributed by atoms with E-state index in [0.717, 1.165) is 13.1 Å². The van der Waals surface area contributed by atoms with E-state index in [1.807, 2.05) is 0 Å². The predicted octanol–water partition coefficient (Wildman–Crippen LogP) is 2.62.